The number of amides is 1. The van der Waals surface area contributed by atoms with E-state index in [0.717, 1.165) is 29.1 Å². The fourth-order valence-corrected chi connectivity index (χ4v) is 6.59. The van der Waals surface area contributed by atoms with Crippen LogP contribution in [0.1, 0.15) is 41.8 Å². The summed E-state index contributed by atoms with van der Waals surface area (Å²) in [7, 11) is -4.51. The smallest absolute Gasteiger partial charge is 0.416 e. The largest absolute Gasteiger partial charge is 0.611 e. The molecule has 1 saturated heterocycles. The Labute approximate surface area is 234 Å². The van der Waals surface area contributed by atoms with Gasteiger partial charge >= 0.3 is 6.18 Å². The number of benzene rings is 2. The van der Waals surface area contributed by atoms with Gasteiger partial charge in [0.25, 0.3) is 0 Å². The highest BCUT2D eigenvalue weighted by atomic mass is 32.2. The maximum absolute atomic E-state index is 14.5. The van der Waals surface area contributed by atoms with E-state index in [2.05, 4.69) is 15.4 Å². The number of tetrazole rings is 1. The number of aryl methyl sites for hydroxylation is 2. The number of aromatic nitrogens is 4. The average molecular weight is 621 g/mol. The van der Waals surface area contributed by atoms with Gasteiger partial charge in [-0.15, -0.1) is 10.2 Å². The topological polar surface area (TPSA) is 147 Å². The number of carbonyl (C=O) groups excluding carboxylic acids is 1. The molecule has 1 aliphatic rings. The first-order valence-corrected chi connectivity index (χ1v) is 15.0. The second kappa shape index (κ2) is 12.0. The van der Waals surface area contributed by atoms with Gasteiger partial charge in [0.05, 0.1) is 12.1 Å². The SMILES string of the molecule is Cc1nnn(Cc2cc(C(F)(F)F)ccc2CCC(=O)N2CCC([S+]([O-])c3ccc(S(N)(=O)=O)c(F)c3F)CC2)n1. The number of sulfonamides is 1. The summed E-state index contributed by atoms with van der Waals surface area (Å²) in [6.45, 7) is 1.88. The van der Waals surface area contributed by atoms with E-state index in [1.165, 1.54) is 11.0 Å². The van der Waals surface area contributed by atoms with Crippen molar-refractivity contribution in [2.75, 3.05) is 13.1 Å². The Bertz CT molecular complexity index is 1540. The Morgan fingerprint density at radius 2 is 1.80 bits per heavy atom. The second-order valence-electron chi connectivity index (χ2n) is 9.46. The summed E-state index contributed by atoms with van der Waals surface area (Å²) in [6.07, 6.45) is -4.01. The zero-order valence-electron chi connectivity index (χ0n) is 21.6. The first-order valence-electron chi connectivity index (χ1n) is 12.3. The Balaban J connectivity index is 1.39. The Morgan fingerprint density at radius 1 is 1.12 bits per heavy atom. The lowest BCUT2D eigenvalue weighted by molar-refractivity contribution is -0.137. The Hall–Kier alpha value is -3.15. The van der Waals surface area contributed by atoms with Crippen LogP contribution in [0.4, 0.5) is 22.0 Å². The van der Waals surface area contributed by atoms with E-state index in [1.807, 2.05) is 0 Å². The minimum absolute atomic E-state index is 0.00913. The zero-order chi connectivity index (χ0) is 30.1. The predicted molar refractivity (Wildman–Crippen MR) is 135 cm³/mol. The lowest BCUT2D eigenvalue weighted by Crippen LogP contribution is -2.42. The van der Waals surface area contributed by atoms with E-state index < -0.39 is 59.6 Å². The molecule has 10 nitrogen and oxygen atoms in total. The molecule has 1 atom stereocenters. The van der Waals surface area contributed by atoms with Crippen molar-refractivity contribution in [2.45, 2.75) is 60.4 Å². The number of likely N-dealkylation sites (tertiary alicyclic amines) is 1. The number of nitrogens with zero attached hydrogens (tertiary/aromatic N) is 5. The molecule has 0 saturated carbocycles. The van der Waals surface area contributed by atoms with Crippen LogP contribution in [0.2, 0.25) is 0 Å². The number of hydrogen-bond acceptors (Lipinski definition) is 7. The van der Waals surface area contributed by atoms with E-state index in [9.17, 15) is 39.7 Å². The molecular formula is C24H25F5N6O4S2. The summed E-state index contributed by atoms with van der Waals surface area (Å²) in [6, 6.07) is 4.94. The maximum atomic E-state index is 14.5. The van der Waals surface area contributed by atoms with Crippen molar-refractivity contribution in [3.05, 3.63) is 64.5 Å². The summed E-state index contributed by atoms with van der Waals surface area (Å²) in [5.41, 5.74) is -0.0373. The molecular weight excluding hydrogens is 595 g/mol. The number of alkyl halides is 3. The molecule has 41 heavy (non-hydrogen) atoms. The molecule has 1 aromatic heterocycles. The van der Waals surface area contributed by atoms with E-state index in [4.69, 9.17) is 5.14 Å². The summed E-state index contributed by atoms with van der Waals surface area (Å²) < 4.78 is 104. The van der Waals surface area contributed by atoms with E-state index >= 15 is 0 Å². The lowest BCUT2D eigenvalue weighted by atomic mass is 9.99. The molecule has 0 bridgehead atoms. The van der Waals surface area contributed by atoms with Crippen LogP contribution in [0.3, 0.4) is 0 Å². The van der Waals surface area contributed by atoms with Crippen LogP contribution in [0.25, 0.3) is 0 Å². The summed E-state index contributed by atoms with van der Waals surface area (Å²) >= 11 is -2.02. The maximum Gasteiger partial charge on any atom is 0.416 e. The van der Waals surface area contributed by atoms with Gasteiger partial charge in [0, 0.05) is 32.4 Å². The monoisotopic (exact) mass is 620 g/mol. The standard InChI is InChI=1S/C24H25F5N6O4S2/c1-14-31-33-35(32-14)13-16-12-17(24(27,28)29)4-2-15(16)3-7-21(36)34-10-8-18(9-11-34)40(37)19-5-6-20(41(30,38)39)23(26)22(19)25/h2,4-6,12,18H,3,7-11,13H2,1H3,(H2,30,38,39). The van der Waals surface area contributed by atoms with Gasteiger partial charge in [-0.05, 0) is 65.1 Å². The molecule has 222 valence electrons. The van der Waals surface area contributed by atoms with Crippen LogP contribution in [0.5, 0.6) is 0 Å². The lowest BCUT2D eigenvalue weighted by Gasteiger charge is -2.32. The van der Waals surface area contributed by atoms with Crippen LogP contribution in [-0.2, 0) is 45.1 Å². The number of piperidine rings is 1. The summed E-state index contributed by atoms with van der Waals surface area (Å²) in [5.74, 6) is -3.18. The molecule has 4 rings (SSSR count). The van der Waals surface area contributed by atoms with Gasteiger partial charge in [-0.2, -0.15) is 22.4 Å². The molecule has 2 N–H and O–H groups in total. The number of nitrogens with two attached hydrogens (primary N) is 1. The predicted octanol–water partition coefficient (Wildman–Crippen LogP) is 2.71. The second-order valence-corrected chi connectivity index (χ2v) is 12.7. The van der Waals surface area contributed by atoms with Gasteiger partial charge in [0.1, 0.15) is 10.1 Å². The van der Waals surface area contributed by atoms with Gasteiger partial charge < -0.3 is 9.45 Å². The Kier molecular flexibility index (Phi) is 9.01. The summed E-state index contributed by atoms with van der Waals surface area (Å²) in [4.78, 5) is 14.0. The summed E-state index contributed by atoms with van der Waals surface area (Å²) in [5, 5.41) is 15.8. The number of primary sulfonamides is 1. The van der Waals surface area contributed by atoms with Crippen LogP contribution in [-0.4, -0.2) is 62.3 Å². The normalized spacial score (nSPS) is 15.8. The first kappa shape index (κ1) is 30.8. The van der Waals surface area contributed by atoms with Crippen molar-refractivity contribution >= 4 is 27.1 Å². The van der Waals surface area contributed by atoms with Crippen molar-refractivity contribution < 1.29 is 39.7 Å². The zero-order valence-corrected chi connectivity index (χ0v) is 23.2. The fourth-order valence-electron chi connectivity index (χ4n) is 4.52. The van der Waals surface area contributed by atoms with Gasteiger partial charge in [0.2, 0.25) is 21.7 Å². The molecule has 0 aliphatic carbocycles. The first-order chi connectivity index (χ1) is 19.1. The van der Waals surface area contributed by atoms with Gasteiger partial charge in [-0.25, -0.2) is 17.9 Å². The van der Waals surface area contributed by atoms with Crippen molar-refractivity contribution in [3.8, 4) is 0 Å². The third kappa shape index (κ3) is 7.20. The molecule has 1 aliphatic heterocycles. The molecule has 3 aromatic rings. The quantitative estimate of drug-likeness (QED) is 0.301. The highest BCUT2D eigenvalue weighted by molar-refractivity contribution is 7.92. The molecule has 17 heteroatoms. The number of carbonyl (C=O) groups is 1. The molecule has 0 radical (unpaired) electrons. The Morgan fingerprint density at radius 3 is 2.39 bits per heavy atom. The molecule has 0 spiro atoms. The van der Waals surface area contributed by atoms with Gasteiger partial charge in [0.15, 0.2) is 16.5 Å². The van der Waals surface area contributed by atoms with Crippen molar-refractivity contribution in [3.63, 3.8) is 0 Å². The van der Waals surface area contributed by atoms with Gasteiger partial charge in [-0.1, -0.05) is 6.07 Å². The van der Waals surface area contributed by atoms with Crippen LogP contribution < -0.4 is 5.14 Å². The molecule has 2 heterocycles. The van der Waals surface area contributed by atoms with E-state index in [0.29, 0.717) is 17.0 Å². The van der Waals surface area contributed by atoms with Crippen molar-refractivity contribution in [1.29, 1.82) is 0 Å². The number of halogens is 5. The van der Waals surface area contributed by atoms with Crippen molar-refractivity contribution in [1.82, 2.24) is 25.1 Å². The number of rotatable bonds is 8. The minimum atomic E-state index is -4.56. The molecule has 2 aromatic carbocycles. The van der Waals surface area contributed by atoms with Crippen molar-refractivity contribution in [2.24, 2.45) is 5.14 Å². The third-order valence-corrected chi connectivity index (χ3v) is 9.39. The highest BCUT2D eigenvalue weighted by Gasteiger charge is 2.35. The molecule has 1 unspecified atom stereocenters. The highest BCUT2D eigenvalue weighted by Crippen LogP contribution is 2.32. The fraction of sp³-hybridized carbons (Fsp3) is 0.417. The minimum Gasteiger partial charge on any atom is -0.611 e. The molecule has 1 amide bonds. The van der Waals surface area contributed by atoms with Crippen LogP contribution >= 0.6 is 0 Å². The van der Waals surface area contributed by atoms with Crippen LogP contribution in [0.15, 0.2) is 40.1 Å². The average Bonchev–Trinajstić information content (AvgIpc) is 3.32. The van der Waals surface area contributed by atoms with E-state index in [-0.39, 0.29) is 51.2 Å². The van der Waals surface area contributed by atoms with E-state index in [1.54, 1.807) is 6.92 Å². The van der Waals surface area contributed by atoms with Gasteiger partial charge in [-0.3, -0.25) is 4.79 Å². The third-order valence-electron chi connectivity index (χ3n) is 6.64. The van der Waals surface area contributed by atoms with Crippen LogP contribution in [0, 0.1) is 18.6 Å². The molecule has 1 fully saturated rings. The number of hydrogen-bond donors (Lipinski definition) is 1.